The first-order valence-corrected chi connectivity index (χ1v) is 6.53. The van der Waals surface area contributed by atoms with Gasteiger partial charge in [-0.25, -0.2) is 0 Å². The predicted octanol–water partition coefficient (Wildman–Crippen LogP) is 1.33. The van der Waals surface area contributed by atoms with E-state index in [0.29, 0.717) is 12.6 Å². The van der Waals surface area contributed by atoms with Gasteiger partial charge in [0.05, 0.1) is 6.34 Å². The number of nitrogens with zero attached hydrogens (tertiary/aromatic N) is 2. The molecule has 0 saturated heterocycles. The molecule has 2 aliphatic rings. The summed E-state index contributed by atoms with van der Waals surface area (Å²) < 4.78 is 0. The SMILES string of the molecule is C1=CCCC(C2NC=NCNC=NN2)C=CCC1. The fourth-order valence-electron chi connectivity index (χ4n) is 2.05. The molecule has 1 heterocycles. The number of allylic oxidation sites excluding steroid dienone is 3. The van der Waals surface area contributed by atoms with Crippen LogP contribution in [0.2, 0.25) is 0 Å². The van der Waals surface area contributed by atoms with Crippen LogP contribution in [0.25, 0.3) is 0 Å². The summed E-state index contributed by atoms with van der Waals surface area (Å²) in [4.78, 5) is 4.18. The lowest BCUT2D eigenvalue weighted by Gasteiger charge is -2.23. The van der Waals surface area contributed by atoms with E-state index >= 15 is 0 Å². The van der Waals surface area contributed by atoms with Crippen LogP contribution in [0.5, 0.6) is 0 Å². The van der Waals surface area contributed by atoms with E-state index in [-0.39, 0.29) is 6.17 Å². The summed E-state index contributed by atoms with van der Waals surface area (Å²) in [5.41, 5.74) is 3.13. The van der Waals surface area contributed by atoms with E-state index in [0.717, 1.165) is 25.7 Å². The van der Waals surface area contributed by atoms with Crippen LogP contribution in [0.1, 0.15) is 25.7 Å². The van der Waals surface area contributed by atoms with Crippen LogP contribution in [0.3, 0.4) is 0 Å². The second kappa shape index (κ2) is 7.53. The normalized spacial score (nSPS) is 28.4. The van der Waals surface area contributed by atoms with Gasteiger partial charge >= 0.3 is 0 Å². The number of hydrogen-bond donors (Lipinski definition) is 3. The fraction of sp³-hybridized carbons (Fsp3) is 0.538. The van der Waals surface area contributed by atoms with Gasteiger partial charge in [-0.2, -0.15) is 5.10 Å². The predicted molar refractivity (Wildman–Crippen MR) is 75.3 cm³/mol. The highest BCUT2D eigenvalue weighted by molar-refractivity contribution is 5.57. The zero-order valence-electron chi connectivity index (χ0n) is 10.5. The standard InChI is InChI=1S/C13H21N5/c1-2-4-6-8-12(7-5-3-1)13-16-10-14-9-15-11-17-18-13/h1,3,6,8,10-13,18H,2,4-5,7,9H2,(H,14,16)(H,15,17). The highest BCUT2D eigenvalue weighted by Crippen LogP contribution is 2.15. The summed E-state index contributed by atoms with van der Waals surface area (Å²) in [6.07, 6.45) is 17.0. The Hall–Kier alpha value is -1.78. The minimum Gasteiger partial charge on any atom is -0.356 e. The molecule has 0 bridgehead atoms. The van der Waals surface area contributed by atoms with Crippen molar-refractivity contribution in [3.63, 3.8) is 0 Å². The van der Waals surface area contributed by atoms with Crippen molar-refractivity contribution in [3.8, 4) is 0 Å². The lowest BCUT2D eigenvalue weighted by molar-refractivity contribution is 0.380. The van der Waals surface area contributed by atoms with Crippen LogP contribution in [0, 0.1) is 5.92 Å². The van der Waals surface area contributed by atoms with Crippen LogP contribution < -0.4 is 16.1 Å². The Kier molecular flexibility index (Phi) is 5.30. The van der Waals surface area contributed by atoms with Gasteiger partial charge in [0.1, 0.15) is 19.2 Å². The van der Waals surface area contributed by atoms with Gasteiger partial charge in [0.2, 0.25) is 0 Å². The third-order valence-electron chi connectivity index (χ3n) is 3.04. The highest BCUT2D eigenvalue weighted by atomic mass is 15.4. The maximum Gasteiger partial charge on any atom is 0.120 e. The molecule has 5 nitrogen and oxygen atoms in total. The molecule has 5 heteroatoms. The quantitative estimate of drug-likeness (QED) is 0.613. The minimum atomic E-state index is 0.0904. The van der Waals surface area contributed by atoms with Gasteiger partial charge in [0.25, 0.3) is 0 Å². The third kappa shape index (κ3) is 4.24. The minimum absolute atomic E-state index is 0.0904. The number of rotatable bonds is 1. The zero-order chi connectivity index (χ0) is 12.5. The van der Waals surface area contributed by atoms with E-state index in [1.54, 1.807) is 12.7 Å². The zero-order valence-corrected chi connectivity index (χ0v) is 10.5. The molecule has 0 spiro atoms. The van der Waals surface area contributed by atoms with Gasteiger partial charge in [-0.1, -0.05) is 24.3 Å². The third-order valence-corrected chi connectivity index (χ3v) is 3.04. The van der Waals surface area contributed by atoms with Crippen molar-refractivity contribution < 1.29 is 0 Å². The molecule has 98 valence electrons. The van der Waals surface area contributed by atoms with Crippen molar-refractivity contribution in [2.75, 3.05) is 6.67 Å². The van der Waals surface area contributed by atoms with Crippen LogP contribution in [0.15, 0.2) is 34.4 Å². The van der Waals surface area contributed by atoms with Crippen molar-refractivity contribution in [2.45, 2.75) is 31.8 Å². The Morgan fingerprint density at radius 1 is 1.00 bits per heavy atom. The van der Waals surface area contributed by atoms with E-state index in [1.165, 1.54) is 0 Å². The van der Waals surface area contributed by atoms with Crippen LogP contribution >= 0.6 is 0 Å². The molecule has 2 unspecified atom stereocenters. The summed E-state index contributed by atoms with van der Waals surface area (Å²) in [6, 6.07) is 0. The molecule has 1 aliphatic carbocycles. The van der Waals surface area contributed by atoms with Gasteiger partial charge in [-0.05, 0) is 25.7 Å². The second-order valence-electron chi connectivity index (χ2n) is 4.42. The largest absolute Gasteiger partial charge is 0.356 e. The average molecular weight is 247 g/mol. The van der Waals surface area contributed by atoms with Crippen LogP contribution in [0.4, 0.5) is 0 Å². The molecule has 2 atom stereocenters. The van der Waals surface area contributed by atoms with E-state index in [9.17, 15) is 0 Å². The summed E-state index contributed by atoms with van der Waals surface area (Å²) in [7, 11) is 0. The Morgan fingerprint density at radius 3 is 2.89 bits per heavy atom. The Morgan fingerprint density at radius 2 is 1.89 bits per heavy atom. The molecule has 1 aliphatic heterocycles. The molecule has 0 aromatic heterocycles. The molecule has 3 N–H and O–H groups in total. The molecular weight excluding hydrogens is 226 g/mol. The second-order valence-corrected chi connectivity index (χ2v) is 4.42. The van der Waals surface area contributed by atoms with E-state index in [2.05, 4.69) is 50.5 Å². The topological polar surface area (TPSA) is 60.8 Å². The van der Waals surface area contributed by atoms with Crippen molar-refractivity contribution in [1.29, 1.82) is 0 Å². The van der Waals surface area contributed by atoms with Gasteiger partial charge in [0.15, 0.2) is 0 Å². The molecule has 0 aromatic carbocycles. The van der Waals surface area contributed by atoms with Gasteiger partial charge in [-0.15, -0.1) is 0 Å². The first-order chi connectivity index (χ1) is 8.97. The van der Waals surface area contributed by atoms with E-state index in [1.807, 2.05) is 0 Å². The van der Waals surface area contributed by atoms with Crippen molar-refractivity contribution in [2.24, 2.45) is 16.0 Å². The molecule has 18 heavy (non-hydrogen) atoms. The van der Waals surface area contributed by atoms with Crippen molar-refractivity contribution in [1.82, 2.24) is 16.1 Å². The molecule has 0 radical (unpaired) electrons. The number of hydrogen-bond acceptors (Lipinski definition) is 5. The van der Waals surface area contributed by atoms with Gasteiger partial charge < -0.3 is 10.6 Å². The lowest BCUT2D eigenvalue weighted by Crippen LogP contribution is -2.44. The molecule has 2 rings (SSSR count). The van der Waals surface area contributed by atoms with Crippen molar-refractivity contribution in [3.05, 3.63) is 24.3 Å². The first kappa shape index (κ1) is 12.7. The summed E-state index contributed by atoms with van der Waals surface area (Å²) in [6.45, 7) is 0.550. The molecule has 0 amide bonds. The summed E-state index contributed by atoms with van der Waals surface area (Å²) in [5, 5.41) is 10.4. The van der Waals surface area contributed by atoms with Crippen molar-refractivity contribution >= 4 is 12.7 Å². The molecular formula is C13H21N5. The molecule has 0 fully saturated rings. The number of aliphatic imine (C=N–C) groups is 1. The molecule has 0 saturated carbocycles. The smallest absolute Gasteiger partial charge is 0.120 e. The molecule has 0 aromatic rings. The Bertz CT molecular complexity index is 329. The summed E-state index contributed by atoms with van der Waals surface area (Å²) in [5.74, 6) is 0.412. The first-order valence-electron chi connectivity index (χ1n) is 6.53. The lowest BCUT2D eigenvalue weighted by atomic mass is 9.99. The van der Waals surface area contributed by atoms with E-state index in [4.69, 9.17) is 0 Å². The van der Waals surface area contributed by atoms with Gasteiger partial charge in [-0.3, -0.25) is 10.4 Å². The highest BCUT2D eigenvalue weighted by Gasteiger charge is 2.17. The van der Waals surface area contributed by atoms with E-state index < -0.39 is 0 Å². The average Bonchev–Trinajstić information content (AvgIpc) is 2.61. The Labute approximate surface area is 108 Å². The maximum atomic E-state index is 4.18. The fourth-order valence-corrected chi connectivity index (χ4v) is 2.05. The monoisotopic (exact) mass is 247 g/mol. The number of nitrogens with one attached hydrogen (secondary N) is 3. The Balaban J connectivity index is 2.00. The van der Waals surface area contributed by atoms with Crippen LogP contribution in [-0.4, -0.2) is 25.5 Å². The maximum absolute atomic E-state index is 4.18. The summed E-state index contributed by atoms with van der Waals surface area (Å²) >= 11 is 0. The van der Waals surface area contributed by atoms with Gasteiger partial charge in [0, 0.05) is 5.92 Å². The van der Waals surface area contributed by atoms with Crippen LogP contribution in [-0.2, 0) is 0 Å². The number of hydrazone groups is 1.